The second-order valence-electron chi connectivity index (χ2n) is 7.51. The van der Waals surface area contributed by atoms with Crippen molar-refractivity contribution in [3.63, 3.8) is 0 Å². The Kier molecular flexibility index (Phi) is 9.26. The van der Waals surface area contributed by atoms with E-state index in [0.717, 1.165) is 43.9 Å². The fourth-order valence-electron chi connectivity index (χ4n) is 3.78. The fourth-order valence-corrected chi connectivity index (χ4v) is 3.78. The lowest BCUT2D eigenvalue weighted by molar-refractivity contribution is -0.192. The lowest BCUT2D eigenvalue weighted by Gasteiger charge is -2.44. The molecular weight excluding hydrogens is 423 g/mol. The zero-order valence-corrected chi connectivity index (χ0v) is 17.5. The molecule has 0 aromatic carbocycles. The highest BCUT2D eigenvalue weighted by Gasteiger charge is 2.41. The number of alkyl halides is 3. The van der Waals surface area contributed by atoms with Gasteiger partial charge in [-0.2, -0.15) is 13.2 Å². The number of nitrogens with one attached hydrogen (secondary N) is 1. The highest BCUT2D eigenvalue weighted by Crippen LogP contribution is 2.33. The first-order valence-corrected chi connectivity index (χ1v) is 9.94. The molecule has 0 saturated carbocycles. The number of ether oxygens (including phenoxy) is 2. The molecule has 1 amide bonds. The predicted molar refractivity (Wildman–Crippen MR) is 101 cm³/mol. The van der Waals surface area contributed by atoms with Gasteiger partial charge in [-0.05, 0) is 19.8 Å². The summed E-state index contributed by atoms with van der Waals surface area (Å²) in [5, 5.41) is 14.2. The van der Waals surface area contributed by atoms with E-state index in [4.69, 9.17) is 23.9 Å². The Hall–Kier alpha value is -2.18. The Balaban J connectivity index is 0.000000423. The van der Waals surface area contributed by atoms with Gasteiger partial charge in [-0.15, -0.1) is 0 Å². The van der Waals surface area contributed by atoms with Gasteiger partial charge in [0.2, 0.25) is 5.91 Å². The van der Waals surface area contributed by atoms with Crippen molar-refractivity contribution in [2.75, 3.05) is 40.0 Å². The molecule has 176 valence electrons. The first-order valence-electron chi connectivity index (χ1n) is 9.94. The third-order valence-electron chi connectivity index (χ3n) is 5.20. The maximum Gasteiger partial charge on any atom is 0.490 e. The van der Waals surface area contributed by atoms with Crippen molar-refractivity contribution in [1.29, 1.82) is 0 Å². The summed E-state index contributed by atoms with van der Waals surface area (Å²) in [7, 11) is 1.64. The van der Waals surface area contributed by atoms with Gasteiger partial charge in [0, 0.05) is 57.8 Å². The van der Waals surface area contributed by atoms with Gasteiger partial charge in [0.05, 0.1) is 18.4 Å². The number of carboxylic acid groups (broad SMARTS) is 1. The van der Waals surface area contributed by atoms with Crippen LogP contribution in [0.5, 0.6) is 0 Å². The average molecular weight is 451 g/mol. The van der Waals surface area contributed by atoms with E-state index in [0.29, 0.717) is 19.8 Å². The van der Waals surface area contributed by atoms with Crippen LogP contribution >= 0.6 is 0 Å². The van der Waals surface area contributed by atoms with Crippen LogP contribution in [0.25, 0.3) is 0 Å². The van der Waals surface area contributed by atoms with Gasteiger partial charge < -0.3 is 24.4 Å². The molecule has 3 heterocycles. The third kappa shape index (κ3) is 7.78. The molecule has 2 aliphatic rings. The number of aryl methyl sites for hydroxylation is 1. The lowest BCUT2D eigenvalue weighted by Crippen LogP contribution is -2.53. The van der Waals surface area contributed by atoms with Crippen molar-refractivity contribution in [2.24, 2.45) is 11.8 Å². The van der Waals surface area contributed by atoms with Crippen molar-refractivity contribution in [2.45, 2.75) is 38.6 Å². The maximum absolute atomic E-state index is 12.5. The number of piperidine rings is 1. The summed E-state index contributed by atoms with van der Waals surface area (Å²) in [5.74, 6) is -1.54. The summed E-state index contributed by atoms with van der Waals surface area (Å²) in [6.07, 6.45) is -3.15. The van der Waals surface area contributed by atoms with Gasteiger partial charge in [-0.1, -0.05) is 5.16 Å². The van der Waals surface area contributed by atoms with E-state index >= 15 is 0 Å². The Bertz CT molecular complexity index is 727. The van der Waals surface area contributed by atoms with Gasteiger partial charge in [0.1, 0.15) is 5.76 Å². The SMILES string of the molecule is COCCNC(=O)[C@@H]1CCO[C@@H]2CCN(Cc3cc(C)on3)C[C@@H]21.O=C(O)C(F)(F)F. The Morgan fingerprint density at radius 3 is 2.68 bits per heavy atom. The minimum atomic E-state index is -5.08. The number of halogens is 3. The molecule has 0 unspecified atom stereocenters. The number of carbonyl (C=O) groups is 2. The second-order valence-corrected chi connectivity index (χ2v) is 7.51. The summed E-state index contributed by atoms with van der Waals surface area (Å²) in [6.45, 7) is 6.26. The number of carbonyl (C=O) groups excluding carboxylic acids is 1. The summed E-state index contributed by atoms with van der Waals surface area (Å²) < 4.78 is 47.8. The number of methoxy groups -OCH3 is 1. The first kappa shape index (κ1) is 25.1. The molecule has 0 aliphatic carbocycles. The first-order chi connectivity index (χ1) is 14.6. The number of fused-ring (bicyclic) bond motifs is 1. The number of carboxylic acids is 1. The smallest absolute Gasteiger partial charge is 0.475 e. The third-order valence-corrected chi connectivity index (χ3v) is 5.20. The zero-order chi connectivity index (χ0) is 23.0. The van der Waals surface area contributed by atoms with Crippen molar-refractivity contribution in [3.05, 3.63) is 17.5 Å². The second kappa shape index (κ2) is 11.4. The highest BCUT2D eigenvalue weighted by molar-refractivity contribution is 5.79. The molecule has 0 bridgehead atoms. The van der Waals surface area contributed by atoms with Gasteiger partial charge in [-0.25, -0.2) is 4.79 Å². The van der Waals surface area contributed by atoms with Gasteiger partial charge in [0.15, 0.2) is 0 Å². The molecule has 2 saturated heterocycles. The van der Waals surface area contributed by atoms with E-state index in [9.17, 15) is 18.0 Å². The minimum absolute atomic E-state index is 0.0162. The molecule has 2 N–H and O–H groups in total. The van der Waals surface area contributed by atoms with Crippen molar-refractivity contribution < 1.29 is 41.9 Å². The number of aliphatic carboxylic acids is 1. The number of likely N-dealkylation sites (tertiary alicyclic amines) is 1. The summed E-state index contributed by atoms with van der Waals surface area (Å²) >= 11 is 0. The molecular formula is C19H28F3N3O6. The quantitative estimate of drug-likeness (QED) is 0.627. The Morgan fingerprint density at radius 2 is 2.10 bits per heavy atom. The van der Waals surface area contributed by atoms with Crippen LogP contribution in [0.3, 0.4) is 0 Å². The minimum Gasteiger partial charge on any atom is -0.475 e. The largest absolute Gasteiger partial charge is 0.490 e. The fraction of sp³-hybridized carbons (Fsp3) is 0.737. The number of rotatable bonds is 6. The van der Waals surface area contributed by atoms with E-state index in [-0.39, 0.29) is 23.8 Å². The van der Waals surface area contributed by atoms with Crippen molar-refractivity contribution >= 4 is 11.9 Å². The van der Waals surface area contributed by atoms with Gasteiger partial charge in [0.25, 0.3) is 0 Å². The molecule has 12 heteroatoms. The summed E-state index contributed by atoms with van der Waals surface area (Å²) in [6, 6.07) is 1.97. The summed E-state index contributed by atoms with van der Waals surface area (Å²) in [5.41, 5.74) is 0.948. The number of nitrogens with zero attached hydrogens (tertiary/aromatic N) is 2. The van der Waals surface area contributed by atoms with E-state index in [1.165, 1.54) is 0 Å². The van der Waals surface area contributed by atoms with Crippen LogP contribution in [0.2, 0.25) is 0 Å². The predicted octanol–water partition coefficient (Wildman–Crippen LogP) is 1.61. The maximum atomic E-state index is 12.5. The van der Waals surface area contributed by atoms with Crippen LogP contribution in [0, 0.1) is 18.8 Å². The van der Waals surface area contributed by atoms with Gasteiger partial charge in [-0.3, -0.25) is 9.69 Å². The van der Waals surface area contributed by atoms with Crippen LogP contribution in [0.15, 0.2) is 10.6 Å². The van der Waals surface area contributed by atoms with Crippen molar-refractivity contribution in [1.82, 2.24) is 15.4 Å². The normalized spacial score (nSPS) is 24.0. The van der Waals surface area contributed by atoms with Crippen LogP contribution in [-0.4, -0.2) is 79.3 Å². The average Bonchev–Trinajstić information content (AvgIpc) is 3.12. The molecule has 31 heavy (non-hydrogen) atoms. The molecule has 3 rings (SSSR count). The zero-order valence-electron chi connectivity index (χ0n) is 17.5. The molecule has 9 nitrogen and oxygen atoms in total. The van der Waals surface area contributed by atoms with Gasteiger partial charge >= 0.3 is 12.1 Å². The molecule has 3 atom stereocenters. The molecule has 1 aromatic rings. The van der Waals surface area contributed by atoms with E-state index in [1.54, 1.807) is 7.11 Å². The topological polar surface area (TPSA) is 114 Å². The molecule has 1 aromatic heterocycles. The van der Waals surface area contributed by atoms with Crippen LogP contribution < -0.4 is 5.32 Å². The standard InChI is InChI=1S/C17H27N3O4.C2HF3O2/c1-12-9-13(19-24-12)10-20-6-3-16-15(11-20)14(4-7-23-16)17(21)18-5-8-22-2;3-2(4,5)1(6)7/h9,14-16H,3-8,10-11H2,1-2H3,(H,18,21);(H,6,7)/t14-,15-,16-;/m1./s1. The Labute approximate surface area is 177 Å². The molecule has 0 radical (unpaired) electrons. The summed E-state index contributed by atoms with van der Waals surface area (Å²) in [4.78, 5) is 23.8. The van der Waals surface area contributed by atoms with Crippen LogP contribution in [-0.2, 0) is 25.6 Å². The number of hydrogen-bond acceptors (Lipinski definition) is 7. The van der Waals surface area contributed by atoms with Crippen molar-refractivity contribution in [3.8, 4) is 0 Å². The Morgan fingerprint density at radius 1 is 1.39 bits per heavy atom. The monoisotopic (exact) mass is 451 g/mol. The number of amides is 1. The molecule has 2 aliphatic heterocycles. The number of aromatic nitrogens is 1. The van der Waals surface area contributed by atoms with E-state index in [1.807, 2.05) is 13.0 Å². The van der Waals surface area contributed by atoms with E-state index < -0.39 is 12.1 Å². The molecule has 0 spiro atoms. The van der Waals surface area contributed by atoms with Crippen LogP contribution in [0.4, 0.5) is 13.2 Å². The molecule has 2 fully saturated rings. The van der Waals surface area contributed by atoms with E-state index in [2.05, 4.69) is 15.4 Å². The lowest BCUT2D eigenvalue weighted by atomic mass is 9.79. The highest BCUT2D eigenvalue weighted by atomic mass is 19.4. The number of hydrogen-bond donors (Lipinski definition) is 2. The van der Waals surface area contributed by atoms with Crippen LogP contribution in [0.1, 0.15) is 24.3 Å².